The summed E-state index contributed by atoms with van der Waals surface area (Å²) in [5.74, 6) is 1.11. The first-order chi connectivity index (χ1) is 14.0. The molecule has 0 spiro atoms. The number of nitrogens with zero attached hydrogens (tertiary/aromatic N) is 2. The Morgan fingerprint density at radius 3 is 2.83 bits per heavy atom. The van der Waals surface area contributed by atoms with Gasteiger partial charge in [-0.05, 0) is 36.6 Å². The second-order valence-corrected chi connectivity index (χ2v) is 7.12. The van der Waals surface area contributed by atoms with E-state index in [0.29, 0.717) is 58.3 Å². The SMILES string of the molecule is CCOc1ccsc1OC(=O)Nc1ccc(OCCN)c(-c2c(Cl)cnn2C)c1. The van der Waals surface area contributed by atoms with Gasteiger partial charge in [0.15, 0.2) is 5.75 Å². The summed E-state index contributed by atoms with van der Waals surface area (Å²) >= 11 is 7.57. The zero-order chi connectivity index (χ0) is 20.8. The number of rotatable bonds is 8. The Bertz CT molecular complexity index is 969. The minimum absolute atomic E-state index is 0.343. The lowest BCUT2D eigenvalue weighted by Gasteiger charge is -2.14. The molecule has 0 aliphatic rings. The molecule has 29 heavy (non-hydrogen) atoms. The predicted octanol–water partition coefficient (Wildman–Crippen LogP) is 4.15. The molecule has 2 aromatic heterocycles. The van der Waals surface area contributed by atoms with Crippen LogP contribution in [0.1, 0.15) is 6.92 Å². The van der Waals surface area contributed by atoms with Crippen LogP contribution in [0.4, 0.5) is 10.5 Å². The summed E-state index contributed by atoms with van der Waals surface area (Å²) < 4.78 is 18.2. The topological polar surface area (TPSA) is 101 Å². The van der Waals surface area contributed by atoms with Crippen LogP contribution in [0.15, 0.2) is 35.8 Å². The Kier molecular flexibility index (Phi) is 6.97. The zero-order valence-electron chi connectivity index (χ0n) is 16.0. The molecule has 3 N–H and O–H groups in total. The van der Waals surface area contributed by atoms with Crippen molar-refractivity contribution in [3.63, 3.8) is 0 Å². The highest BCUT2D eigenvalue weighted by Crippen LogP contribution is 2.37. The normalized spacial score (nSPS) is 10.6. The highest BCUT2D eigenvalue weighted by Gasteiger charge is 2.17. The van der Waals surface area contributed by atoms with Crippen molar-refractivity contribution in [3.8, 4) is 27.8 Å². The van der Waals surface area contributed by atoms with E-state index in [1.54, 1.807) is 47.6 Å². The highest BCUT2D eigenvalue weighted by molar-refractivity contribution is 7.12. The van der Waals surface area contributed by atoms with Crippen LogP contribution < -0.4 is 25.3 Å². The average Bonchev–Trinajstić information content (AvgIpc) is 3.26. The van der Waals surface area contributed by atoms with Gasteiger partial charge in [-0.2, -0.15) is 5.10 Å². The van der Waals surface area contributed by atoms with E-state index in [0.717, 1.165) is 0 Å². The van der Waals surface area contributed by atoms with Crippen LogP contribution in [0.2, 0.25) is 5.02 Å². The molecule has 8 nitrogen and oxygen atoms in total. The number of carbonyl (C=O) groups is 1. The molecule has 3 aromatic rings. The molecule has 0 aliphatic heterocycles. The summed E-state index contributed by atoms with van der Waals surface area (Å²) in [6.07, 6.45) is 0.912. The van der Waals surface area contributed by atoms with E-state index in [4.69, 9.17) is 31.5 Å². The molecule has 0 fully saturated rings. The molecule has 3 rings (SSSR count). The fourth-order valence-corrected chi connectivity index (χ4v) is 3.60. The van der Waals surface area contributed by atoms with Gasteiger partial charge in [0, 0.05) is 24.8 Å². The second kappa shape index (κ2) is 9.64. The Balaban J connectivity index is 1.83. The number of aromatic nitrogens is 2. The van der Waals surface area contributed by atoms with Gasteiger partial charge in [-0.15, -0.1) is 11.3 Å². The van der Waals surface area contributed by atoms with Crippen LogP contribution in [-0.2, 0) is 7.05 Å². The van der Waals surface area contributed by atoms with Crippen molar-refractivity contribution < 1.29 is 19.0 Å². The van der Waals surface area contributed by atoms with Gasteiger partial charge in [0.1, 0.15) is 12.4 Å². The number of nitrogens with two attached hydrogens (primary N) is 1. The van der Waals surface area contributed by atoms with Crippen LogP contribution in [0, 0.1) is 0 Å². The molecule has 154 valence electrons. The average molecular weight is 437 g/mol. The molecule has 1 aromatic carbocycles. The number of aryl methyl sites for hydroxylation is 1. The Hall–Kier alpha value is -2.75. The van der Waals surface area contributed by atoms with E-state index in [1.807, 2.05) is 6.92 Å². The third-order valence-corrected chi connectivity index (χ3v) is 4.88. The third-order valence-electron chi connectivity index (χ3n) is 3.83. The van der Waals surface area contributed by atoms with Gasteiger partial charge in [-0.1, -0.05) is 11.6 Å². The largest absolute Gasteiger partial charge is 0.492 e. The first-order valence-corrected chi connectivity index (χ1v) is 10.1. The molecule has 0 bridgehead atoms. The molecule has 10 heteroatoms. The van der Waals surface area contributed by atoms with Gasteiger partial charge in [-0.3, -0.25) is 10.00 Å². The lowest BCUT2D eigenvalue weighted by Crippen LogP contribution is -2.17. The van der Waals surface area contributed by atoms with Gasteiger partial charge < -0.3 is 19.9 Å². The van der Waals surface area contributed by atoms with Gasteiger partial charge in [0.05, 0.1) is 23.5 Å². The van der Waals surface area contributed by atoms with Crippen molar-refractivity contribution in [2.45, 2.75) is 6.92 Å². The highest BCUT2D eigenvalue weighted by atomic mass is 35.5. The maximum absolute atomic E-state index is 12.4. The van der Waals surface area contributed by atoms with E-state index in [1.165, 1.54) is 11.3 Å². The molecule has 0 unspecified atom stereocenters. The minimum Gasteiger partial charge on any atom is -0.492 e. The predicted molar refractivity (Wildman–Crippen MR) is 113 cm³/mol. The van der Waals surface area contributed by atoms with Crippen molar-refractivity contribution in [3.05, 3.63) is 40.9 Å². The number of nitrogens with one attached hydrogen (secondary N) is 1. The van der Waals surface area contributed by atoms with Crippen molar-refractivity contribution in [2.75, 3.05) is 25.1 Å². The maximum Gasteiger partial charge on any atom is 0.418 e. The summed E-state index contributed by atoms with van der Waals surface area (Å²) in [5.41, 5.74) is 7.39. The number of hydrogen-bond donors (Lipinski definition) is 2. The summed E-state index contributed by atoms with van der Waals surface area (Å²) in [4.78, 5) is 12.4. The zero-order valence-corrected chi connectivity index (χ0v) is 17.5. The number of carbonyl (C=O) groups excluding carboxylic acids is 1. The van der Waals surface area contributed by atoms with Crippen molar-refractivity contribution in [1.82, 2.24) is 9.78 Å². The van der Waals surface area contributed by atoms with Crippen molar-refractivity contribution >= 4 is 34.7 Å². The lowest BCUT2D eigenvalue weighted by molar-refractivity contribution is 0.213. The molecular weight excluding hydrogens is 416 g/mol. The van der Waals surface area contributed by atoms with Gasteiger partial charge in [0.25, 0.3) is 0 Å². The van der Waals surface area contributed by atoms with Gasteiger partial charge in [-0.25, -0.2) is 4.79 Å². The summed E-state index contributed by atoms with van der Waals surface area (Å²) in [5, 5.41) is 9.52. The van der Waals surface area contributed by atoms with E-state index >= 15 is 0 Å². The second-order valence-electron chi connectivity index (χ2n) is 5.83. The third kappa shape index (κ3) is 5.00. The van der Waals surface area contributed by atoms with Crippen molar-refractivity contribution in [1.29, 1.82) is 0 Å². The number of thiophene rings is 1. The number of ether oxygens (including phenoxy) is 3. The van der Waals surface area contributed by atoms with Gasteiger partial charge in [0.2, 0.25) is 5.06 Å². The monoisotopic (exact) mass is 436 g/mol. The first-order valence-electron chi connectivity index (χ1n) is 8.87. The fraction of sp³-hybridized carbons (Fsp3) is 0.263. The Morgan fingerprint density at radius 1 is 1.31 bits per heavy atom. The van der Waals surface area contributed by atoms with Crippen LogP contribution in [-0.4, -0.2) is 35.6 Å². The van der Waals surface area contributed by atoms with Crippen molar-refractivity contribution in [2.24, 2.45) is 12.8 Å². The Morgan fingerprint density at radius 2 is 2.14 bits per heavy atom. The fourth-order valence-electron chi connectivity index (χ4n) is 2.65. The lowest BCUT2D eigenvalue weighted by atomic mass is 10.1. The summed E-state index contributed by atoms with van der Waals surface area (Å²) in [6, 6.07) is 6.94. The van der Waals surface area contributed by atoms with Crippen LogP contribution in [0.25, 0.3) is 11.3 Å². The molecule has 0 atom stereocenters. The molecule has 0 saturated carbocycles. The van der Waals surface area contributed by atoms with E-state index < -0.39 is 6.09 Å². The molecule has 0 saturated heterocycles. The molecule has 0 aliphatic carbocycles. The van der Waals surface area contributed by atoms with E-state index in [-0.39, 0.29) is 0 Å². The number of benzene rings is 1. The van der Waals surface area contributed by atoms with Crippen LogP contribution >= 0.6 is 22.9 Å². The quantitative estimate of drug-likeness (QED) is 0.550. The Labute approximate surface area is 177 Å². The smallest absolute Gasteiger partial charge is 0.418 e. The number of halogens is 1. The molecule has 0 radical (unpaired) electrons. The van der Waals surface area contributed by atoms with Gasteiger partial charge >= 0.3 is 6.09 Å². The molecule has 2 heterocycles. The minimum atomic E-state index is -0.633. The number of amides is 1. The standard InChI is InChI=1S/C19H21ClN4O4S/c1-3-26-16-6-9-29-18(16)28-19(25)23-12-4-5-15(27-8-7-21)13(10-12)17-14(20)11-22-24(17)2/h4-6,9-11H,3,7-8,21H2,1-2H3,(H,23,25). The van der Waals surface area contributed by atoms with Crippen LogP contribution in [0.5, 0.6) is 16.6 Å². The summed E-state index contributed by atoms with van der Waals surface area (Å²) in [6.45, 7) is 3.05. The van der Waals surface area contributed by atoms with Crippen LogP contribution in [0.3, 0.4) is 0 Å². The molecular formula is C19H21ClN4O4S. The first kappa shape index (κ1) is 21.0. The number of anilines is 1. The van der Waals surface area contributed by atoms with E-state index in [9.17, 15) is 4.79 Å². The molecule has 1 amide bonds. The summed E-state index contributed by atoms with van der Waals surface area (Å²) in [7, 11) is 1.77. The maximum atomic E-state index is 12.4. The number of hydrogen-bond acceptors (Lipinski definition) is 7. The van der Waals surface area contributed by atoms with E-state index in [2.05, 4.69) is 10.4 Å².